The van der Waals surface area contributed by atoms with Crippen LogP contribution in [-0.4, -0.2) is 50.7 Å². The molecule has 0 saturated heterocycles. The maximum Gasteiger partial charge on any atom is 0.251 e. The van der Waals surface area contributed by atoms with Crippen molar-refractivity contribution in [2.24, 2.45) is 5.73 Å². The van der Waals surface area contributed by atoms with E-state index < -0.39 is 6.43 Å². The van der Waals surface area contributed by atoms with Crippen LogP contribution in [0.25, 0.3) is 0 Å². The van der Waals surface area contributed by atoms with Crippen LogP contribution < -0.4 is 5.73 Å². The maximum atomic E-state index is 12.0. The van der Waals surface area contributed by atoms with E-state index >= 15 is 0 Å². The van der Waals surface area contributed by atoms with Crippen molar-refractivity contribution in [3.63, 3.8) is 0 Å². The van der Waals surface area contributed by atoms with Gasteiger partial charge in [0.2, 0.25) is 0 Å². The molecule has 1 atom stereocenters. The van der Waals surface area contributed by atoms with Gasteiger partial charge in [-0.05, 0) is 6.92 Å². The lowest BCUT2D eigenvalue weighted by Gasteiger charge is -2.23. The molecule has 0 aromatic heterocycles. The molecule has 0 spiro atoms. The van der Waals surface area contributed by atoms with E-state index in [1.807, 2.05) is 6.92 Å². The van der Waals surface area contributed by atoms with Gasteiger partial charge < -0.3 is 10.5 Å². The third kappa shape index (κ3) is 6.86. The molecular formula is C8H18F2N2O. The minimum absolute atomic E-state index is 0.0368. The van der Waals surface area contributed by atoms with Crippen molar-refractivity contribution < 1.29 is 13.5 Å². The smallest absolute Gasteiger partial charge is 0.251 e. The minimum Gasteiger partial charge on any atom is -0.380 e. The predicted molar refractivity (Wildman–Crippen MR) is 48.0 cm³/mol. The summed E-state index contributed by atoms with van der Waals surface area (Å²) < 4.78 is 29.1. The SMILES string of the molecule is COC(C)CN(CCN)CC(F)F. The van der Waals surface area contributed by atoms with Crippen LogP contribution in [0, 0.1) is 0 Å². The number of halogens is 2. The van der Waals surface area contributed by atoms with Crippen LogP contribution >= 0.6 is 0 Å². The Morgan fingerprint density at radius 1 is 1.38 bits per heavy atom. The second-order valence-corrected chi connectivity index (χ2v) is 2.99. The summed E-state index contributed by atoms with van der Waals surface area (Å²) in [6.07, 6.45) is -2.35. The van der Waals surface area contributed by atoms with Crippen LogP contribution in [0.3, 0.4) is 0 Å². The molecule has 0 aliphatic carbocycles. The fourth-order valence-electron chi connectivity index (χ4n) is 1.07. The lowest BCUT2D eigenvalue weighted by atomic mass is 10.3. The molecule has 0 aliphatic rings. The first-order valence-corrected chi connectivity index (χ1v) is 4.33. The van der Waals surface area contributed by atoms with E-state index in [2.05, 4.69) is 0 Å². The van der Waals surface area contributed by atoms with Gasteiger partial charge in [-0.2, -0.15) is 0 Å². The van der Waals surface area contributed by atoms with Gasteiger partial charge in [0, 0.05) is 26.7 Å². The number of hydrogen-bond acceptors (Lipinski definition) is 3. The van der Waals surface area contributed by atoms with Gasteiger partial charge in [-0.1, -0.05) is 0 Å². The molecular weight excluding hydrogens is 178 g/mol. The first-order chi connectivity index (χ1) is 6.10. The van der Waals surface area contributed by atoms with E-state index in [1.54, 1.807) is 12.0 Å². The van der Waals surface area contributed by atoms with Gasteiger partial charge >= 0.3 is 0 Å². The summed E-state index contributed by atoms with van der Waals surface area (Å²) in [5.74, 6) is 0. The number of alkyl halides is 2. The molecule has 80 valence electrons. The molecule has 0 saturated carbocycles. The summed E-state index contributed by atoms with van der Waals surface area (Å²) in [4.78, 5) is 1.61. The normalized spacial score (nSPS) is 14.1. The molecule has 0 aromatic carbocycles. The lowest BCUT2D eigenvalue weighted by Crippen LogP contribution is -2.38. The Morgan fingerprint density at radius 2 is 2.00 bits per heavy atom. The molecule has 0 bridgehead atoms. The summed E-state index contributed by atoms with van der Waals surface area (Å²) in [7, 11) is 1.56. The van der Waals surface area contributed by atoms with Crippen molar-refractivity contribution >= 4 is 0 Å². The number of ether oxygens (including phenoxy) is 1. The van der Waals surface area contributed by atoms with E-state index in [4.69, 9.17) is 10.5 Å². The Kier molecular flexibility index (Phi) is 7.03. The molecule has 0 heterocycles. The van der Waals surface area contributed by atoms with Gasteiger partial charge in [-0.25, -0.2) is 8.78 Å². The molecule has 3 nitrogen and oxygen atoms in total. The number of rotatable bonds is 7. The largest absolute Gasteiger partial charge is 0.380 e. The zero-order valence-electron chi connectivity index (χ0n) is 8.17. The van der Waals surface area contributed by atoms with Crippen LogP contribution in [0.1, 0.15) is 6.92 Å². The zero-order valence-corrected chi connectivity index (χ0v) is 8.17. The number of nitrogens with zero attached hydrogens (tertiary/aromatic N) is 1. The fourth-order valence-corrected chi connectivity index (χ4v) is 1.07. The lowest BCUT2D eigenvalue weighted by molar-refractivity contribution is 0.0427. The highest BCUT2D eigenvalue weighted by molar-refractivity contribution is 4.63. The Morgan fingerprint density at radius 3 is 2.38 bits per heavy atom. The van der Waals surface area contributed by atoms with E-state index in [9.17, 15) is 8.78 Å². The van der Waals surface area contributed by atoms with Crippen LogP contribution in [0.5, 0.6) is 0 Å². The third-order valence-corrected chi connectivity index (χ3v) is 1.76. The predicted octanol–water partition coefficient (Wildman–Crippen LogP) is 0.547. The summed E-state index contributed by atoms with van der Waals surface area (Å²) in [5.41, 5.74) is 5.29. The molecule has 13 heavy (non-hydrogen) atoms. The number of hydrogen-bond donors (Lipinski definition) is 1. The Hall–Kier alpha value is -0.260. The van der Waals surface area contributed by atoms with E-state index in [0.717, 1.165) is 0 Å². The highest BCUT2D eigenvalue weighted by atomic mass is 19.3. The number of nitrogens with two attached hydrogens (primary N) is 1. The van der Waals surface area contributed by atoms with Crippen LogP contribution in [0.4, 0.5) is 8.78 Å². The Bertz CT molecular complexity index is 125. The van der Waals surface area contributed by atoms with Crippen molar-refractivity contribution in [2.45, 2.75) is 19.5 Å². The molecule has 0 amide bonds. The standard InChI is InChI=1S/C8H18F2N2O/c1-7(13-2)5-12(4-3-11)6-8(9)10/h7-8H,3-6,11H2,1-2H3. The zero-order chi connectivity index (χ0) is 10.3. The second kappa shape index (κ2) is 7.17. The van der Waals surface area contributed by atoms with Crippen molar-refractivity contribution in [3.8, 4) is 0 Å². The van der Waals surface area contributed by atoms with Gasteiger partial charge in [0.15, 0.2) is 0 Å². The molecule has 1 unspecified atom stereocenters. The summed E-state index contributed by atoms with van der Waals surface area (Å²) in [6.45, 7) is 2.99. The summed E-state index contributed by atoms with van der Waals surface area (Å²) in [6, 6.07) is 0. The molecule has 0 aliphatic heterocycles. The van der Waals surface area contributed by atoms with Crippen molar-refractivity contribution in [3.05, 3.63) is 0 Å². The van der Waals surface area contributed by atoms with E-state index in [-0.39, 0.29) is 12.6 Å². The minimum atomic E-state index is -2.31. The molecule has 2 N–H and O–H groups in total. The third-order valence-electron chi connectivity index (χ3n) is 1.76. The van der Waals surface area contributed by atoms with Gasteiger partial charge in [0.25, 0.3) is 6.43 Å². The second-order valence-electron chi connectivity index (χ2n) is 2.99. The van der Waals surface area contributed by atoms with Gasteiger partial charge in [-0.15, -0.1) is 0 Å². The molecule has 5 heteroatoms. The quantitative estimate of drug-likeness (QED) is 0.646. The van der Waals surface area contributed by atoms with Crippen molar-refractivity contribution in [2.75, 3.05) is 33.3 Å². The van der Waals surface area contributed by atoms with Crippen molar-refractivity contribution in [1.29, 1.82) is 0 Å². The Labute approximate surface area is 77.8 Å². The molecule has 0 rings (SSSR count). The van der Waals surface area contributed by atoms with Crippen LogP contribution in [0.15, 0.2) is 0 Å². The van der Waals surface area contributed by atoms with Gasteiger partial charge in [0.1, 0.15) is 0 Å². The summed E-state index contributed by atoms with van der Waals surface area (Å²) in [5, 5.41) is 0. The highest BCUT2D eigenvalue weighted by Crippen LogP contribution is 2.00. The first-order valence-electron chi connectivity index (χ1n) is 4.33. The van der Waals surface area contributed by atoms with E-state index in [1.165, 1.54) is 0 Å². The Balaban J connectivity index is 3.78. The topological polar surface area (TPSA) is 38.5 Å². The average Bonchev–Trinajstić information content (AvgIpc) is 2.03. The van der Waals surface area contributed by atoms with Gasteiger partial charge in [-0.3, -0.25) is 4.90 Å². The maximum absolute atomic E-state index is 12.0. The van der Waals surface area contributed by atoms with Crippen molar-refractivity contribution in [1.82, 2.24) is 4.90 Å². The molecule has 0 fully saturated rings. The van der Waals surface area contributed by atoms with Crippen LogP contribution in [0.2, 0.25) is 0 Å². The van der Waals surface area contributed by atoms with E-state index in [0.29, 0.717) is 19.6 Å². The summed E-state index contributed by atoms with van der Waals surface area (Å²) >= 11 is 0. The highest BCUT2D eigenvalue weighted by Gasteiger charge is 2.13. The molecule has 0 radical (unpaired) electrons. The monoisotopic (exact) mass is 196 g/mol. The number of methoxy groups -OCH3 is 1. The molecule has 0 aromatic rings. The van der Waals surface area contributed by atoms with Gasteiger partial charge in [0.05, 0.1) is 12.6 Å². The van der Waals surface area contributed by atoms with Crippen LogP contribution in [-0.2, 0) is 4.74 Å². The average molecular weight is 196 g/mol. The fraction of sp³-hybridized carbons (Fsp3) is 1.00. The first kappa shape index (κ1) is 12.7.